The van der Waals surface area contributed by atoms with E-state index in [2.05, 4.69) is 33.2 Å². The zero-order chi connectivity index (χ0) is 14.7. The molecule has 2 aliphatic heterocycles. The number of anilines is 1. The van der Waals surface area contributed by atoms with Crippen LogP contribution in [0, 0.1) is 0 Å². The van der Waals surface area contributed by atoms with E-state index in [9.17, 15) is 4.79 Å². The molecule has 2 saturated heterocycles. The number of pyridine rings is 1. The zero-order valence-corrected chi connectivity index (χ0v) is 12.5. The molecule has 0 unspecified atom stereocenters. The van der Waals surface area contributed by atoms with Crippen molar-refractivity contribution >= 4 is 17.7 Å². The molecule has 0 aliphatic carbocycles. The lowest BCUT2D eigenvalue weighted by Crippen LogP contribution is -2.44. The molecule has 112 valence electrons. The van der Waals surface area contributed by atoms with Crippen LogP contribution in [0.1, 0.15) is 18.5 Å². The molecule has 1 aromatic rings. The highest BCUT2D eigenvalue weighted by Gasteiger charge is 2.19. The van der Waals surface area contributed by atoms with Gasteiger partial charge < -0.3 is 15.1 Å². The van der Waals surface area contributed by atoms with Gasteiger partial charge in [0.1, 0.15) is 0 Å². The van der Waals surface area contributed by atoms with Crippen LogP contribution in [0.2, 0.25) is 0 Å². The number of aromatic nitrogens is 1. The highest BCUT2D eigenvalue weighted by Crippen LogP contribution is 2.23. The van der Waals surface area contributed by atoms with Gasteiger partial charge in [-0.15, -0.1) is 0 Å². The Morgan fingerprint density at radius 1 is 1.29 bits per heavy atom. The van der Waals surface area contributed by atoms with E-state index in [1.54, 1.807) is 6.20 Å². The maximum atomic E-state index is 11.9. The Morgan fingerprint density at radius 3 is 2.86 bits per heavy atom. The van der Waals surface area contributed by atoms with Crippen LogP contribution >= 0.6 is 0 Å². The lowest BCUT2D eigenvalue weighted by molar-refractivity contribution is -0.118. The smallest absolute Gasteiger partial charge is 0.247 e. The zero-order valence-electron chi connectivity index (χ0n) is 12.5. The minimum atomic E-state index is 0.0521. The van der Waals surface area contributed by atoms with Crippen molar-refractivity contribution in [1.29, 1.82) is 0 Å². The largest absolute Gasteiger partial charge is 0.367 e. The van der Waals surface area contributed by atoms with Crippen LogP contribution in [0.15, 0.2) is 23.9 Å². The predicted octanol–water partition coefficient (Wildman–Crippen LogP) is 1.13. The Morgan fingerprint density at radius 2 is 2.10 bits per heavy atom. The van der Waals surface area contributed by atoms with Gasteiger partial charge in [-0.25, -0.2) is 0 Å². The topological polar surface area (TPSA) is 48.5 Å². The maximum Gasteiger partial charge on any atom is 0.247 e. The first-order valence-electron chi connectivity index (χ1n) is 7.61. The van der Waals surface area contributed by atoms with Crippen molar-refractivity contribution < 1.29 is 4.79 Å². The van der Waals surface area contributed by atoms with E-state index in [0.29, 0.717) is 0 Å². The molecule has 0 saturated carbocycles. The molecule has 0 spiro atoms. The predicted molar refractivity (Wildman–Crippen MR) is 84.2 cm³/mol. The fourth-order valence-corrected chi connectivity index (χ4v) is 2.85. The highest BCUT2D eigenvalue weighted by atomic mass is 16.1. The van der Waals surface area contributed by atoms with Gasteiger partial charge in [-0.2, -0.15) is 0 Å². The number of carbonyl (C=O) groups excluding carboxylic acids is 1. The van der Waals surface area contributed by atoms with Crippen molar-refractivity contribution in [1.82, 2.24) is 15.2 Å². The summed E-state index contributed by atoms with van der Waals surface area (Å²) in [6.45, 7) is 4.91. The van der Waals surface area contributed by atoms with Crippen LogP contribution in [0.5, 0.6) is 0 Å². The van der Waals surface area contributed by atoms with Gasteiger partial charge in [-0.3, -0.25) is 9.78 Å². The van der Waals surface area contributed by atoms with Crippen LogP contribution < -0.4 is 10.2 Å². The third-order valence-corrected chi connectivity index (χ3v) is 4.17. The lowest BCUT2D eigenvalue weighted by atomic mass is 10.0. The van der Waals surface area contributed by atoms with Crippen molar-refractivity contribution in [3.8, 4) is 0 Å². The number of rotatable bonds is 2. The summed E-state index contributed by atoms with van der Waals surface area (Å²) >= 11 is 0. The molecule has 2 fully saturated rings. The quantitative estimate of drug-likeness (QED) is 0.828. The molecule has 2 aliphatic rings. The molecule has 1 aromatic heterocycles. The molecule has 3 rings (SSSR count). The molecule has 5 heteroatoms. The fraction of sp³-hybridized carbons (Fsp3) is 0.500. The van der Waals surface area contributed by atoms with Crippen molar-refractivity contribution in [3.63, 3.8) is 0 Å². The van der Waals surface area contributed by atoms with Gasteiger partial charge in [0.25, 0.3) is 0 Å². The number of hydrogen-bond acceptors (Lipinski definition) is 4. The normalized spacial score (nSPS) is 22.4. The van der Waals surface area contributed by atoms with Crippen molar-refractivity contribution in [2.75, 3.05) is 44.7 Å². The third kappa shape index (κ3) is 3.24. The molecule has 5 nitrogen and oxygen atoms in total. The molecule has 0 radical (unpaired) electrons. The van der Waals surface area contributed by atoms with E-state index in [4.69, 9.17) is 0 Å². The van der Waals surface area contributed by atoms with Crippen LogP contribution in [0.3, 0.4) is 0 Å². The van der Waals surface area contributed by atoms with Crippen LogP contribution in [0.4, 0.5) is 5.69 Å². The van der Waals surface area contributed by atoms with E-state index < -0.39 is 0 Å². The van der Waals surface area contributed by atoms with Gasteiger partial charge >= 0.3 is 0 Å². The molecular weight excluding hydrogens is 264 g/mol. The summed E-state index contributed by atoms with van der Waals surface area (Å²) in [6, 6.07) is 4.07. The van der Waals surface area contributed by atoms with Crippen LogP contribution in [-0.2, 0) is 4.79 Å². The van der Waals surface area contributed by atoms with E-state index >= 15 is 0 Å². The van der Waals surface area contributed by atoms with Gasteiger partial charge in [0.05, 0.1) is 11.4 Å². The summed E-state index contributed by atoms with van der Waals surface area (Å²) in [5, 5.41) is 2.90. The number of amides is 1. The summed E-state index contributed by atoms with van der Waals surface area (Å²) in [7, 11) is 2.15. The molecule has 1 N–H and O–H groups in total. The SMILES string of the molecule is CN1CCN(c2cccnc2C=C2CCCNC2=O)CC1. The lowest BCUT2D eigenvalue weighted by Gasteiger charge is -2.34. The average Bonchev–Trinajstić information content (AvgIpc) is 2.51. The summed E-state index contributed by atoms with van der Waals surface area (Å²) in [5.41, 5.74) is 2.89. The summed E-state index contributed by atoms with van der Waals surface area (Å²) < 4.78 is 0. The Labute approximate surface area is 125 Å². The number of carbonyl (C=O) groups is 1. The Kier molecular flexibility index (Phi) is 4.20. The molecule has 0 bridgehead atoms. The standard InChI is InChI=1S/C16H22N4O/c1-19-8-10-20(11-9-19)15-5-3-6-17-14(15)12-13-4-2-7-18-16(13)21/h3,5-6,12H,2,4,7-11H2,1H3,(H,18,21). The summed E-state index contributed by atoms with van der Waals surface area (Å²) in [5.74, 6) is 0.0521. The fourth-order valence-electron chi connectivity index (χ4n) is 2.85. The van der Waals surface area contributed by atoms with Crippen LogP contribution in [-0.4, -0.2) is 55.6 Å². The molecular formula is C16H22N4O. The Hall–Kier alpha value is -1.88. The first-order chi connectivity index (χ1) is 10.2. The molecule has 0 atom stereocenters. The first kappa shape index (κ1) is 14.1. The van der Waals surface area contributed by atoms with E-state index in [-0.39, 0.29) is 5.91 Å². The minimum Gasteiger partial charge on any atom is -0.367 e. The van der Waals surface area contributed by atoms with Gasteiger partial charge in [0, 0.05) is 44.5 Å². The summed E-state index contributed by atoms with van der Waals surface area (Å²) in [4.78, 5) is 21.1. The molecule has 21 heavy (non-hydrogen) atoms. The maximum absolute atomic E-state index is 11.9. The number of piperidine rings is 1. The molecule has 3 heterocycles. The van der Waals surface area contributed by atoms with Gasteiger partial charge in [0.2, 0.25) is 5.91 Å². The summed E-state index contributed by atoms with van der Waals surface area (Å²) in [6.07, 6.45) is 5.60. The molecule has 0 aromatic carbocycles. The molecule has 1 amide bonds. The first-order valence-corrected chi connectivity index (χ1v) is 7.61. The van der Waals surface area contributed by atoms with E-state index in [0.717, 1.165) is 62.5 Å². The number of nitrogens with one attached hydrogen (secondary N) is 1. The average molecular weight is 286 g/mol. The highest BCUT2D eigenvalue weighted by molar-refractivity contribution is 5.98. The minimum absolute atomic E-state index is 0.0521. The van der Waals surface area contributed by atoms with Gasteiger partial charge in [0.15, 0.2) is 0 Å². The number of likely N-dealkylation sites (N-methyl/N-ethyl adjacent to an activating group) is 1. The number of nitrogens with zero attached hydrogens (tertiary/aromatic N) is 3. The van der Waals surface area contributed by atoms with Crippen molar-refractivity contribution in [2.45, 2.75) is 12.8 Å². The number of piperazine rings is 1. The Bertz CT molecular complexity index is 547. The third-order valence-electron chi connectivity index (χ3n) is 4.17. The Balaban J connectivity index is 1.85. The monoisotopic (exact) mass is 286 g/mol. The second-order valence-corrected chi connectivity index (χ2v) is 5.73. The number of hydrogen-bond donors (Lipinski definition) is 1. The second-order valence-electron chi connectivity index (χ2n) is 5.73. The van der Waals surface area contributed by atoms with E-state index in [1.165, 1.54) is 0 Å². The van der Waals surface area contributed by atoms with Crippen LogP contribution in [0.25, 0.3) is 6.08 Å². The van der Waals surface area contributed by atoms with Crippen molar-refractivity contribution in [2.24, 2.45) is 0 Å². The van der Waals surface area contributed by atoms with Crippen molar-refractivity contribution in [3.05, 3.63) is 29.6 Å². The van der Waals surface area contributed by atoms with Gasteiger partial charge in [-0.05, 0) is 38.1 Å². The van der Waals surface area contributed by atoms with E-state index in [1.807, 2.05) is 12.1 Å². The second kappa shape index (κ2) is 6.26. The van der Waals surface area contributed by atoms with Gasteiger partial charge in [-0.1, -0.05) is 0 Å².